The fourth-order valence-corrected chi connectivity index (χ4v) is 3.45. The number of ether oxygens (including phenoxy) is 2. The monoisotopic (exact) mass is 446 g/mol. The molecule has 32 heavy (non-hydrogen) atoms. The normalized spacial score (nSPS) is 16.5. The molecule has 0 saturated carbocycles. The maximum Gasteiger partial charge on any atom is 0.409 e. The lowest BCUT2D eigenvalue weighted by molar-refractivity contribution is -0.126. The molecule has 0 bridgehead atoms. The molecule has 0 aliphatic carbocycles. The van der Waals surface area contributed by atoms with Gasteiger partial charge in [0.15, 0.2) is 6.61 Å². The molecular formula is C21H26N4O7. The third kappa shape index (κ3) is 5.96. The van der Waals surface area contributed by atoms with Crippen molar-refractivity contribution in [3.05, 3.63) is 35.4 Å². The molecule has 2 heterocycles. The number of carbonyl (C=O) groups excluding carboxylic acids is 5. The fourth-order valence-electron chi connectivity index (χ4n) is 3.45. The molecule has 0 unspecified atom stereocenters. The molecule has 172 valence electrons. The molecule has 0 spiro atoms. The fraction of sp³-hybridized carbons (Fsp3) is 0.476. The number of nitrogens with one attached hydrogen (secondary N) is 2. The number of esters is 1. The van der Waals surface area contributed by atoms with Crippen molar-refractivity contribution in [3.63, 3.8) is 0 Å². The Morgan fingerprint density at radius 1 is 1.09 bits per heavy atom. The van der Waals surface area contributed by atoms with Crippen molar-refractivity contribution in [2.24, 2.45) is 0 Å². The van der Waals surface area contributed by atoms with Gasteiger partial charge in [0, 0.05) is 19.1 Å². The van der Waals surface area contributed by atoms with E-state index in [1.807, 2.05) is 0 Å². The van der Waals surface area contributed by atoms with E-state index in [9.17, 15) is 24.0 Å². The highest BCUT2D eigenvalue weighted by Gasteiger charge is 2.28. The zero-order valence-corrected chi connectivity index (χ0v) is 17.8. The maximum absolute atomic E-state index is 12.2. The molecule has 5 amide bonds. The van der Waals surface area contributed by atoms with E-state index in [1.54, 1.807) is 24.0 Å². The highest BCUT2D eigenvalue weighted by atomic mass is 16.6. The van der Waals surface area contributed by atoms with Crippen LogP contribution < -0.4 is 10.6 Å². The Bertz CT molecular complexity index is 863. The highest BCUT2D eigenvalue weighted by molar-refractivity contribution is 6.01. The molecule has 11 heteroatoms. The van der Waals surface area contributed by atoms with Gasteiger partial charge in [-0.2, -0.15) is 0 Å². The van der Waals surface area contributed by atoms with Crippen molar-refractivity contribution >= 4 is 29.9 Å². The molecular weight excluding hydrogens is 420 g/mol. The van der Waals surface area contributed by atoms with Crippen LogP contribution in [0.25, 0.3) is 0 Å². The van der Waals surface area contributed by atoms with Crippen LogP contribution in [-0.4, -0.2) is 78.6 Å². The Kier molecular flexibility index (Phi) is 7.63. The summed E-state index contributed by atoms with van der Waals surface area (Å²) in [5.74, 6) is -1.38. The second kappa shape index (κ2) is 10.6. The third-order valence-corrected chi connectivity index (χ3v) is 5.19. The number of hydrogen-bond acceptors (Lipinski definition) is 7. The van der Waals surface area contributed by atoms with Gasteiger partial charge in [-0.25, -0.2) is 14.4 Å². The number of piperidine rings is 1. The average Bonchev–Trinajstić information content (AvgIpc) is 3.10. The van der Waals surface area contributed by atoms with Crippen molar-refractivity contribution in [1.82, 2.24) is 20.4 Å². The van der Waals surface area contributed by atoms with E-state index >= 15 is 0 Å². The maximum atomic E-state index is 12.2. The minimum absolute atomic E-state index is 0.0180. The van der Waals surface area contributed by atoms with Crippen LogP contribution in [0, 0.1) is 0 Å². The first-order valence-corrected chi connectivity index (χ1v) is 10.4. The first-order valence-electron chi connectivity index (χ1n) is 10.4. The van der Waals surface area contributed by atoms with Gasteiger partial charge >= 0.3 is 18.1 Å². The van der Waals surface area contributed by atoms with E-state index in [1.165, 1.54) is 12.1 Å². The van der Waals surface area contributed by atoms with E-state index in [4.69, 9.17) is 9.47 Å². The minimum Gasteiger partial charge on any atom is -0.452 e. The van der Waals surface area contributed by atoms with Crippen LogP contribution >= 0.6 is 0 Å². The number of likely N-dealkylation sites (tertiary alicyclic amines) is 1. The smallest absolute Gasteiger partial charge is 0.409 e. The minimum atomic E-state index is -0.654. The van der Waals surface area contributed by atoms with Crippen LogP contribution in [0.5, 0.6) is 0 Å². The first-order chi connectivity index (χ1) is 15.4. The standard InChI is InChI=1S/C21H26N4O7/c1-2-31-21(30)24-9-7-16(8-10-24)23-17(26)13-32-19(28)15-5-3-14(4-6-15)12-25-18(27)11-22-20(25)29/h3-6,16H,2,7-13H2,1H3,(H,22,29)(H,23,26). The summed E-state index contributed by atoms with van der Waals surface area (Å²) < 4.78 is 10.0. The predicted octanol–water partition coefficient (Wildman–Crippen LogP) is 0.632. The third-order valence-electron chi connectivity index (χ3n) is 5.19. The quantitative estimate of drug-likeness (QED) is 0.463. The SMILES string of the molecule is CCOC(=O)N1CCC(NC(=O)COC(=O)c2ccc(CN3C(=O)CNC3=O)cc2)CC1. The molecule has 1 aromatic rings. The van der Waals surface area contributed by atoms with Gasteiger partial charge in [0.25, 0.3) is 5.91 Å². The van der Waals surface area contributed by atoms with Crippen molar-refractivity contribution in [3.8, 4) is 0 Å². The predicted molar refractivity (Wildman–Crippen MR) is 110 cm³/mol. The zero-order valence-electron chi connectivity index (χ0n) is 17.8. The van der Waals surface area contributed by atoms with E-state index in [0.29, 0.717) is 38.1 Å². The van der Waals surface area contributed by atoms with Crippen molar-refractivity contribution < 1.29 is 33.4 Å². The highest BCUT2D eigenvalue weighted by Crippen LogP contribution is 2.13. The molecule has 0 atom stereocenters. The van der Waals surface area contributed by atoms with E-state index in [0.717, 1.165) is 4.90 Å². The van der Waals surface area contributed by atoms with Gasteiger partial charge in [-0.05, 0) is 37.5 Å². The molecule has 0 radical (unpaired) electrons. The largest absolute Gasteiger partial charge is 0.452 e. The van der Waals surface area contributed by atoms with Crippen molar-refractivity contribution in [2.75, 3.05) is 32.8 Å². The zero-order chi connectivity index (χ0) is 23.1. The summed E-state index contributed by atoms with van der Waals surface area (Å²) in [5, 5.41) is 5.25. The average molecular weight is 446 g/mol. The van der Waals surface area contributed by atoms with E-state index in [-0.39, 0.29) is 36.7 Å². The second-order valence-electron chi connectivity index (χ2n) is 7.44. The van der Waals surface area contributed by atoms with Crippen LogP contribution in [0.3, 0.4) is 0 Å². The summed E-state index contributed by atoms with van der Waals surface area (Å²) in [7, 11) is 0. The van der Waals surface area contributed by atoms with E-state index in [2.05, 4.69) is 10.6 Å². The number of rotatable bonds is 7. The number of urea groups is 1. The summed E-state index contributed by atoms with van der Waals surface area (Å²) in [6, 6.07) is 5.71. The lowest BCUT2D eigenvalue weighted by Gasteiger charge is -2.31. The number of carbonyl (C=O) groups is 5. The second-order valence-corrected chi connectivity index (χ2v) is 7.44. The molecule has 2 aliphatic heterocycles. The van der Waals surface area contributed by atoms with Crippen LogP contribution in [0.4, 0.5) is 9.59 Å². The molecule has 0 aromatic heterocycles. The number of amides is 5. The molecule has 2 N–H and O–H groups in total. The lowest BCUT2D eigenvalue weighted by Crippen LogP contribution is -2.47. The molecule has 2 fully saturated rings. The van der Waals surface area contributed by atoms with Crippen LogP contribution in [-0.2, 0) is 25.6 Å². The van der Waals surface area contributed by atoms with Crippen molar-refractivity contribution in [2.45, 2.75) is 32.4 Å². The van der Waals surface area contributed by atoms with Gasteiger partial charge in [-0.1, -0.05) is 12.1 Å². The Hall–Kier alpha value is -3.63. The van der Waals surface area contributed by atoms with Crippen LogP contribution in [0.1, 0.15) is 35.7 Å². The molecule has 1 aromatic carbocycles. The summed E-state index contributed by atoms with van der Waals surface area (Å²) >= 11 is 0. The molecule has 3 rings (SSSR count). The molecule has 11 nitrogen and oxygen atoms in total. The Morgan fingerprint density at radius 2 is 1.78 bits per heavy atom. The van der Waals surface area contributed by atoms with Gasteiger partial charge in [0.2, 0.25) is 5.91 Å². The summed E-state index contributed by atoms with van der Waals surface area (Å²) in [5.41, 5.74) is 0.931. The number of benzene rings is 1. The topological polar surface area (TPSA) is 134 Å². The summed E-state index contributed by atoms with van der Waals surface area (Å²) in [6.45, 7) is 2.71. The van der Waals surface area contributed by atoms with Gasteiger partial charge in [-0.3, -0.25) is 14.5 Å². The van der Waals surface area contributed by atoms with Crippen molar-refractivity contribution in [1.29, 1.82) is 0 Å². The van der Waals surface area contributed by atoms with Gasteiger partial charge in [0.05, 0.1) is 25.3 Å². The Labute approximate surface area is 185 Å². The number of nitrogens with zero attached hydrogens (tertiary/aromatic N) is 2. The van der Waals surface area contributed by atoms with Crippen LogP contribution in [0.2, 0.25) is 0 Å². The summed E-state index contributed by atoms with van der Waals surface area (Å²) in [4.78, 5) is 61.9. The van der Waals surface area contributed by atoms with Gasteiger partial charge in [-0.15, -0.1) is 0 Å². The summed E-state index contributed by atoms with van der Waals surface area (Å²) in [6.07, 6.45) is 0.835. The molecule has 2 aliphatic rings. The number of imide groups is 1. The van der Waals surface area contributed by atoms with Gasteiger partial charge < -0.3 is 25.0 Å². The van der Waals surface area contributed by atoms with Gasteiger partial charge in [0.1, 0.15) is 0 Å². The van der Waals surface area contributed by atoms with E-state index < -0.39 is 24.5 Å². The lowest BCUT2D eigenvalue weighted by atomic mass is 10.1. The van der Waals surface area contributed by atoms with Crippen LogP contribution in [0.15, 0.2) is 24.3 Å². The molecule has 2 saturated heterocycles. The number of hydrogen-bond donors (Lipinski definition) is 2. The Balaban J connectivity index is 1.39. The first kappa shape index (κ1) is 23.0. The Morgan fingerprint density at radius 3 is 2.38 bits per heavy atom.